The molecule has 2 atom stereocenters. The smallest absolute Gasteiger partial charge is 0.326 e. The van der Waals surface area contributed by atoms with Crippen LogP contribution in [-0.2, 0) is 9.53 Å². The fourth-order valence-corrected chi connectivity index (χ4v) is 3.15. The number of rotatable bonds is 4. The van der Waals surface area contributed by atoms with Crippen LogP contribution < -0.4 is 5.32 Å². The summed E-state index contributed by atoms with van der Waals surface area (Å²) in [7, 11) is 1.46. The summed E-state index contributed by atoms with van der Waals surface area (Å²) in [5, 5.41) is 3.41. The summed E-state index contributed by atoms with van der Waals surface area (Å²) in [5.74, 6) is 0.844. The summed E-state index contributed by atoms with van der Waals surface area (Å²) in [6.07, 6.45) is 6.33. The van der Waals surface area contributed by atoms with Gasteiger partial charge in [-0.05, 0) is 40.0 Å². The van der Waals surface area contributed by atoms with Gasteiger partial charge in [-0.3, -0.25) is 10.1 Å². The highest BCUT2D eigenvalue weighted by Crippen LogP contribution is 2.39. The zero-order valence-electron chi connectivity index (χ0n) is 12.1. The molecule has 1 fully saturated rings. The molecule has 0 aliphatic heterocycles. The molecule has 1 N–H and O–H groups in total. The number of imidazole rings is 1. The van der Waals surface area contributed by atoms with Crippen LogP contribution in [-0.4, -0.2) is 34.2 Å². The Morgan fingerprint density at radius 1 is 1.63 bits per heavy atom. The van der Waals surface area contributed by atoms with Gasteiger partial charge in [-0.2, -0.15) is 0 Å². The van der Waals surface area contributed by atoms with E-state index in [1.165, 1.54) is 7.11 Å². The zero-order valence-corrected chi connectivity index (χ0v) is 12.1. The van der Waals surface area contributed by atoms with Crippen molar-refractivity contribution in [3.8, 4) is 0 Å². The lowest BCUT2D eigenvalue weighted by molar-refractivity contribution is -0.148. The van der Waals surface area contributed by atoms with Crippen molar-refractivity contribution in [1.29, 1.82) is 0 Å². The highest BCUT2D eigenvalue weighted by molar-refractivity contribution is 5.81. The Hall–Kier alpha value is -1.36. The number of hydrogen-bond donors (Lipinski definition) is 1. The Morgan fingerprint density at radius 3 is 2.89 bits per heavy atom. The predicted molar refractivity (Wildman–Crippen MR) is 72.9 cm³/mol. The topological polar surface area (TPSA) is 56.1 Å². The molecule has 0 bridgehead atoms. The van der Waals surface area contributed by atoms with E-state index in [2.05, 4.69) is 28.7 Å². The molecule has 1 aliphatic rings. The quantitative estimate of drug-likeness (QED) is 0.844. The maximum atomic E-state index is 12.2. The number of aryl methyl sites for hydroxylation is 1. The van der Waals surface area contributed by atoms with E-state index in [9.17, 15) is 4.79 Å². The summed E-state index contributed by atoms with van der Waals surface area (Å²) >= 11 is 0. The Bertz CT molecular complexity index is 455. The minimum absolute atomic E-state index is 0.151. The molecule has 1 saturated carbocycles. The molecule has 5 nitrogen and oxygen atoms in total. The number of nitrogens with one attached hydrogen (secondary N) is 1. The largest absolute Gasteiger partial charge is 0.468 e. The summed E-state index contributed by atoms with van der Waals surface area (Å²) in [6.45, 7) is 6.11. The third-order valence-corrected chi connectivity index (χ3v) is 3.89. The average Bonchev–Trinajstić information content (AvgIpc) is 2.94. The minimum Gasteiger partial charge on any atom is -0.468 e. The lowest BCUT2D eigenvalue weighted by Gasteiger charge is -2.30. The van der Waals surface area contributed by atoms with Crippen molar-refractivity contribution in [3.63, 3.8) is 0 Å². The maximum Gasteiger partial charge on any atom is 0.326 e. The molecule has 0 aromatic carbocycles. The van der Waals surface area contributed by atoms with Crippen LogP contribution in [0.2, 0.25) is 0 Å². The standard InChI is InChI=1S/C14H23N3O2/c1-10(2)16-14(13(18)19-4)6-5-12(9-14)17-8-7-15-11(17)3/h7-8,10,12,16H,5-6,9H2,1-4H3. The maximum absolute atomic E-state index is 12.2. The van der Waals surface area contributed by atoms with Crippen molar-refractivity contribution in [3.05, 3.63) is 18.2 Å². The predicted octanol–water partition coefficient (Wildman–Crippen LogP) is 1.83. The Kier molecular flexibility index (Phi) is 3.94. The Balaban J connectivity index is 2.20. The van der Waals surface area contributed by atoms with E-state index in [0.717, 1.165) is 25.1 Å². The summed E-state index contributed by atoms with van der Waals surface area (Å²) in [4.78, 5) is 16.4. The van der Waals surface area contributed by atoms with E-state index in [0.29, 0.717) is 6.04 Å². The molecule has 1 heterocycles. The molecule has 0 spiro atoms. The van der Waals surface area contributed by atoms with Crippen molar-refractivity contribution in [2.75, 3.05) is 7.11 Å². The third kappa shape index (κ3) is 2.66. The van der Waals surface area contributed by atoms with Gasteiger partial charge in [-0.25, -0.2) is 4.98 Å². The second kappa shape index (κ2) is 5.33. The summed E-state index contributed by atoms with van der Waals surface area (Å²) in [6, 6.07) is 0.564. The normalized spacial score (nSPS) is 26.9. The van der Waals surface area contributed by atoms with Gasteiger partial charge in [-0.1, -0.05) is 0 Å². The molecule has 0 saturated heterocycles. The lowest BCUT2D eigenvalue weighted by atomic mass is 9.96. The van der Waals surface area contributed by atoms with E-state index in [1.54, 1.807) is 0 Å². The molecular weight excluding hydrogens is 242 g/mol. The van der Waals surface area contributed by atoms with Gasteiger partial charge in [0.1, 0.15) is 11.4 Å². The molecule has 106 valence electrons. The molecular formula is C14H23N3O2. The van der Waals surface area contributed by atoms with Crippen molar-refractivity contribution in [1.82, 2.24) is 14.9 Å². The fourth-order valence-electron chi connectivity index (χ4n) is 3.15. The Labute approximate surface area is 114 Å². The number of nitrogens with zero attached hydrogens (tertiary/aromatic N) is 2. The van der Waals surface area contributed by atoms with Gasteiger partial charge in [0.25, 0.3) is 0 Å². The first-order valence-electron chi connectivity index (χ1n) is 6.84. The molecule has 1 aromatic rings. The number of methoxy groups -OCH3 is 1. The molecule has 19 heavy (non-hydrogen) atoms. The number of hydrogen-bond acceptors (Lipinski definition) is 4. The van der Waals surface area contributed by atoms with E-state index in [1.807, 2.05) is 19.3 Å². The number of carbonyl (C=O) groups excluding carboxylic acids is 1. The summed E-state index contributed by atoms with van der Waals surface area (Å²) in [5.41, 5.74) is -0.551. The fraction of sp³-hybridized carbons (Fsp3) is 0.714. The van der Waals surface area contributed by atoms with Crippen molar-refractivity contribution in [2.45, 2.75) is 57.7 Å². The van der Waals surface area contributed by atoms with Gasteiger partial charge in [0.15, 0.2) is 0 Å². The van der Waals surface area contributed by atoms with Crippen LogP contribution in [0.15, 0.2) is 12.4 Å². The molecule has 0 amide bonds. The third-order valence-electron chi connectivity index (χ3n) is 3.89. The number of esters is 1. The second-order valence-corrected chi connectivity index (χ2v) is 5.65. The highest BCUT2D eigenvalue weighted by Gasteiger charge is 2.47. The molecule has 2 unspecified atom stereocenters. The molecule has 5 heteroatoms. The van der Waals surface area contributed by atoms with Gasteiger partial charge in [0.2, 0.25) is 0 Å². The van der Waals surface area contributed by atoms with Gasteiger partial charge in [0.05, 0.1) is 7.11 Å². The van der Waals surface area contributed by atoms with E-state index in [4.69, 9.17) is 4.74 Å². The first kappa shape index (κ1) is 14.1. The molecule has 2 rings (SSSR count). The average molecular weight is 265 g/mol. The Morgan fingerprint density at radius 2 is 2.37 bits per heavy atom. The minimum atomic E-state index is -0.551. The van der Waals surface area contributed by atoms with Crippen LogP contribution >= 0.6 is 0 Å². The van der Waals surface area contributed by atoms with Gasteiger partial charge >= 0.3 is 5.97 Å². The van der Waals surface area contributed by atoms with Crippen LogP contribution in [0.1, 0.15) is 45.0 Å². The zero-order chi connectivity index (χ0) is 14.0. The molecule has 1 aromatic heterocycles. The summed E-state index contributed by atoms with van der Waals surface area (Å²) < 4.78 is 7.17. The first-order chi connectivity index (χ1) is 8.98. The van der Waals surface area contributed by atoms with Crippen LogP contribution in [0.4, 0.5) is 0 Å². The number of carbonyl (C=O) groups is 1. The van der Waals surface area contributed by atoms with Crippen molar-refractivity contribution in [2.24, 2.45) is 0 Å². The molecule has 1 aliphatic carbocycles. The van der Waals surface area contributed by atoms with Crippen LogP contribution in [0.3, 0.4) is 0 Å². The number of ether oxygens (including phenoxy) is 1. The van der Waals surface area contributed by atoms with Crippen molar-refractivity contribution >= 4 is 5.97 Å². The highest BCUT2D eigenvalue weighted by atomic mass is 16.5. The SMILES string of the molecule is COC(=O)C1(NC(C)C)CCC(n2ccnc2C)C1. The lowest BCUT2D eigenvalue weighted by Crippen LogP contribution is -2.53. The van der Waals surface area contributed by atoms with Gasteiger partial charge < -0.3 is 9.30 Å². The number of aromatic nitrogens is 2. The van der Waals surface area contributed by atoms with Crippen LogP contribution in [0.25, 0.3) is 0 Å². The monoisotopic (exact) mass is 265 g/mol. The van der Waals surface area contributed by atoms with Gasteiger partial charge in [-0.15, -0.1) is 0 Å². The van der Waals surface area contributed by atoms with Crippen LogP contribution in [0, 0.1) is 6.92 Å². The van der Waals surface area contributed by atoms with Crippen LogP contribution in [0.5, 0.6) is 0 Å². The second-order valence-electron chi connectivity index (χ2n) is 5.65. The first-order valence-corrected chi connectivity index (χ1v) is 6.84. The van der Waals surface area contributed by atoms with Crippen molar-refractivity contribution < 1.29 is 9.53 Å². The molecule has 0 radical (unpaired) electrons. The van der Waals surface area contributed by atoms with E-state index < -0.39 is 5.54 Å². The van der Waals surface area contributed by atoms with Gasteiger partial charge in [0, 0.05) is 24.5 Å². The van der Waals surface area contributed by atoms with E-state index in [-0.39, 0.29) is 12.0 Å². The van der Waals surface area contributed by atoms with E-state index >= 15 is 0 Å².